The second kappa shape index (κ2) is 7.03. The maximum absolute atomic E-state index is 10.3. The van der Waals surface area contributed by atoms with Crippen LogP contribution in [0.25, 0.3) is 16.8 Å². The molecule has 3 aromatic rings. The van der Waals surface area contributed by atoms with Crippen molar-refractivity contribution in [3.8, 4) is 11.3 Å². The summed E-state index contributed by atoms with van der Waals surface area (Å²) in [6, 6.07) is 3.98. The molecule has 0 aromatic carbocycles. The normalized spacial score (nSPS) is 20.0. The van der Waals surface area contributed by atoms with Crippen molar-refractivity contribution in [2.45, 2.75) is 37.8 Å². The number of nitrogens with zero attached hydrogens (tertiary/aromatic N) is 5. The summed E-state index contributed by atoms with van der Waals surface area (Å²) in [4.78, 5) is 17.3. The number of nitrogen functional groups attached to an aromatic ring is 1. The average molecular weight is 403 g/mol. The molecule has 4 N–H and O–H groups in total. The molecule has 0 radical (unpaired) electrons. The molecule has 30 heavy (non-hydrogen) atoms. The number of nitrogens with two attached hydrogens (primary N) is 1. The Bertz CT molecular complexity index is 1130. The van der Waals surface area contributed by atoms with Gasteiger partial charge in [0.2, 0.25) is 5.95 Å². The molecule has 1 unspecified atom stereocenters. The van der Waals surface area contributed by atoms with Crippen molar-refractivity contribution in [3.63, 3.8) is 0 Å². The third-order valence-electron chi connectivity index (χ3n) is 5.76. The first-order valence-electron chi connectivity index (χ1n) is 9.77. The zero-order valence-corrected chi connectivity index (χ0v) is 16.4. The molecule has 3 aromatic heterocycles. The summed E-state index contributed by atoms with van der Waals surface area (Å²) in [6.45, 7) is 1.88. The Morgan fingerprint density at radius 2 is 1.93 bits per heavy atom. The van der Waals surface area contributed by atoms with Crippen molar-refractivity contribution >= 4 is 11.5 Å². The number of allylic oxidation sites excluding steroid dienone is 3. The smallest absolute Gasteiger partial charge is 0.258 e. The fourth-order valence-corrected chi connectivity index (χ4v) is 3.86. The van der Waals surface area contributed by atoms with Crippen LogP contribution in [-0.2, 0) is 5.41 Å². The molecule has 4 heterocycles. The van der Waals surface area contributed by atoms with Crippen LogP contribution < -0.4 is 11.1 Å². The lowest BCUT2D eigenvalue weighted by Crippen LogP contribution is -2.37. The Hall–Kier alpha value is -3.59. The fourth-order valence-electron chi connectivity index (χ4n) is 3.86. The Morgan fingerprint density at radius 3 is 2.57 bits per heavy atom. The molecule has 1 fully saturated rings. The summed E-state index contributed by atoms with van der Waals surface area (Å²) in [5, 5.41) is 17.5. The topological polar surface area (TPSA) is 136 Å². The standard InChI is InChI=1S/C21H21N7O2/c1-12-3-5-15(17(29)26-12)18-27-19(28-30-18)21(7-2-8-21)14-4-6-16(23-11-14)13-9-24-20(22)25-10-13/h3-6,9-11,17,26,29H,2,7-8H2,1H3,(H2,22,24,25). The van der Waals surface area contributed by atoms with Crippen LogP contribution in [0.4, 0.5) is 5.95 Å². The van der Waals surface area contributed by atoms with Crippen LogP contribution in [0.2, 0.25) is 0 Å². The van der Waals surface area contributed by atoms with Crippen LogP contribution in [0.5, 0.6) is 0 Å². The molecule has 9 nitrogen and oxygen atoms in total. The number of dihydropyridines is 1. The summed E-state index contributed by atoms with van der Waals surface area (Å²) in [5.74, 6) is 1.17. The lowest BCUT2D eigenvalue weighted by molar-refractivity contribution is 0.201. The quantitative estimate of drug-likeness (QED) is 0.599. The lowest BCUT2D eigenvalue weighted by atomic mass is 9.64. The molecule has 0 amide bonds. The Morgan fingerprint density at radius 1 is 1.13 bits per heavy atom. The van der Waals surface area contributed by atoms with E-state index in [0.717, 1.165) is 41.8 Å². The van der Waals surface area contributed by atoms with Crippen molar-refractivity contribution in [1.29, 1.82) is 0 Å². The monoisotopic (exact) mass is 403 g/mol. The highest BCUT2D eigenvalue weighted by Crippen LogP contribution is 2.48. The van der Waals surface area contributed by atoms with E-state index in [1.165, 1.54) is 0 Å². The molecule has 0 spiro atoms. The number of nitrogens with one attached hydrogen (secondary N) is 1. The predicted molar refractivity (Wildman–Crippen MR) is 109 cm³/mol. The van der Waals surface area contributed by atoms with Gasteiger partial charge < -0.3 is 20.7 Å². The summed E-state index contributed by atoms with van der Waals surface area (Å²) in [7, 11) is 0. The maximum Gasteiger partial charge on any atom is 0.258 e. The number of hydrogen-bond acceptors (Lipinski definition) is 9. The van der Waals surface area contributed by atoms with Gasteiger partial charge in [0, 0.05) is 29.9 Å². The van der Waals surface area contributed by atoms with Crippen LogP contribution in [0.15, 0.2) is 53.1 Å². The molecule has 152 valence electrons. The second-order valence-electron chi connectivity index (χ2n) is 7.64. The average Bonchev–Trinajstić information content (AvgIpc) is 3.18. The van der Waals surface area contributed by atoms with E-state index < -0.39 is 6.23 Å². The molecular formula is C21H21N7O2. The molecule has 1 atom stereocenters. The summed E-state index contributed by atoms with van der Waals surface area (Å²) < 4.78 is 5.51. The molecule has 0 bridgehead atoms. The largest absolute Gasteiger partial charge is 0.369 e. The van der Waals surface area contributed by atoms with E-state index in [1.54, 1.807) is 18.5 Å². The molecule has 1 aliphatic heterocycles. The highest BCUT2D eigenvalue weighted by molar-refractivity contribution is 5.65. The van der Waals surface area contributed by atoms with E-state index in [4.69, 9.17) is 10.3 Å². The number of aromatic nitrogens is 5. The number of pyridine rings is 1. The van der Waals surface area contributed by atoms with E-state index in [9.17, 15) is 5.11 Å². The van der Waals surface area contributed by atoms with Crippen molar-refractivity contribution < 1.29 is 9.63 Å². The van der Waals surface area contributed by atoms with Gasteiger partial charge in [-0.25, -0.2) is 9.97 Å². The first-order valence-corrected chi connectivity index (χ1v) is 9.77. The number of rotatable bonds is 4. The van der Waals surface area contributed by atoms with Crippen LogP contribution in [0, 0.1) is 0 Å². The van der Waals surface area contributed by atoms with E-state index in [-0.39, 0.29) is 11.4 Å². The summed E-state index contributed by atoms with van der Waals surface area (Å²) in [6.07, 6.45) is 10.9. The number of anilines is 1. The van der Waals surface area contributed by atoms with Crippen molar-refractivity contribution in [1.82, 2.24) is 30.4 Å². The molecule has 5 rings (SSSR count). The van der Waals surface area contributed by atoms with Gasteiger partial charge in [0.25, 0.3) is 5.89 Å². The molecular weight excluding hydrogens is 382 g/mol. The minimum atomic E-state index is -0.872. The van der Waals surface area contributed by atoms with E-state index in [2.05, 4.69) is 30.4 Å². The van der Waals surface area contributed by atoms with Crippen LogP contribution in [-0.4, -0.2) is 36.4 Å². The van der Waals surface area contributed by atoms with Crippen molar-refractivity contribution in [2.24, 2.45) is 0 Å². The Kier molecular flexibility index (Phi) is 4.32. The maximum atomic E-state index is 10.3. The molecule has 9 heteroatoms. The summed E-state index contributed by atoms with van der Waals surface area (Å²) in [5.41, 5.74) is 9.27. The lowest BCUT2D eigenvalue weighted by Gasteiger charge is -2.39. The first-order chi connectivity index (χ1) is 14.5. The molecule has 1 aliphatic carbocycles. The minimum Gasteiger partial charge on any atom is -0.369 e. The SMILES string of the molecule is CC1=CC=C(c2nc(C3(c4ccc(-c5cnc(N)nc5)nc4)CCC3)no2)C(O)N1. The predicted octanol–water partition coefficient (Wildman–Crippen LogP) is 2.18. The zero-order chi connectivity index (χ0) is 20.7. The highest BCUT2D eigenvalue weighted by Gasteiger charge is 2.45. The van der Waals surface area contributed by atoms with Gasteiger partial charge in [0.15, 0.2) is 12.1 Å². The van der Waals surface area contributed by atoms with Crippen molar-refractivity contribution in [2.75, 3.05) is 5.73 Å². The van der Waals surface area contributed by atoms with Gasteiger partial charge in [-0.3, -0.25) is 4.98 Å². The third-order valence-corrected chi connectivity index (χ3v) is 5.76. The minimum absolute atomic E-state index is 0.232. The van der Waals surface area contributed by atoms with Crippen LogP contribution in [0.3, 0.4) is 0 Å². The van der Waals surface area contributed by atoms with Gasteiger partial charge in [0.1, 0.15) is 0 Å². The first kappa shape index (κ1) is 18.4. The molecule has 2 aliphatic rings. The Balaban J connectivity index is 1.45. The molecule has 0 saturated heterocycles. The molecule has 1 saturated carbocycles. The van der Waals surface area contributed by atoms with Gasteiger partial charge in [-0.05, 0) is 43.5 Å². The van der Waals surface area contributed by atoms with E-state index in [1.807, 2.05) is 31.3 Å². The van der Waals surface area contributed by atoms with Gasteiger partial charge in [-0.15, -0.1) is 0 Å². The second-order valence-corrected chi connectivity index (χ2v) is 7.64. The number of aliphatic hydroxyl groups excluding tert-OH is 1. The number of aliphatic hydroxyl groups is 1. The van der Waals surface area contributed by atoms with Gasteiger partial charge in [-0.1, -0.05) is 17.6 Å². The van der Waals surface area contributed by atoms with Gasteiger partial charge >= 0.3 is 0 Å². The third kappa shape index (κ3) is 3.03. The number of hydrogen-bond donors (Lipinski definition) is 3. The summed E-state index contributed by atoms with van der Waals surface area (Å²) >= 11 is 0. The van der Waals surface area contributed by atoms with Crippen LogP contribution in [0.1, 0.15) is 43.5 Å². The zero-order valence-electron chi connectivity index (χ0n) is 16.4. The van der Waals surface area contributed by atoms with Crippen molar-refractivity contribution in [3.05, 3.63) is 65.9 Å². The van der Waals surface area contributed by atoms with E-state index >= 15 is 0 Å². The fraction of sp³-hybridized carbons (Fsp3) is 0.286. The highest BCUT2D eigenvalue weighted by atomic mass is 16.5. The van der Waals surface area contributed by atoms with E-state index in [0.29, 0.717) is 17.3 Å². The Labute approximate surface area is 172 Å². The van der Waals surface area contributed by atoms with Gasteiger partial charge in [-0.2, -0.15) is 4.98 Å². The van der Waals surface area contributed by atoms with Crippen LogP contribution >= 0.6 is 0 Å². The van der Waals surface area contributed by atoms with Gasteiger partial charge in [0.05, 0.1) is 16.7 Å².